The zero-order chi connectivity index (χ0) is 15.6. The Morgan fingerprint density at radius 3 is 2.86 bits per heavy atom. The highest BCUT2D eigenvalue weighted by molar-refractivity contribution is 5.52. The van der Waals surface area contributed by atoms with E-state index in [1.54, 1.807) is 48.4 Å². The molecule has 0 N–H and O–H groups in total. The van der Waals surface area contributed by atoms with Crippen molar-refractivity contribution in [3.8, 4) is 11.8 Å². The van der Waals surface area contributed by atoms with Crippen molar-refractivity contribution < 1.29 is 8.78 Å². The van der Waals surface area contributed by atoms with Gasteiger partial charge in [-0.25, -0.2) is 13.8 Å². The molecule has 1 aromatic carbocycles. The Kier molecular flexibility index (Phi) is 3.81. The maximum absolute atomic E-state index is 14.8. The summed E-state index contributed by atoms with van der Waals surface area (Å²) in [6.07, 6.45) is 1.89. The van der Waals surface area contributed by atoms with Gasteiger partial charge in [-0.2, -0.15) is 0 Å². The van der Waals surface area contributed by atoms with Crippen molar-refractivity contribution in [2.24, 2.45) is 0 Å². The van der Waals surface area contributed by atoms with Crippen LogP contribution in [0.25, 0.3) is 0 Å². The molecule has 22 heavy (non-hydrogen) atoms. The molecular formula is C18H16F2N2. The summed E-state index contributed by atoms with van der Waals surface area (Å²) < 4.78 is 28.9. The molecule has 0 aliphatic carbocycles. The number of aromatic nitrogens is 1. The molecule has 0 radical (unpaired) electrons. The number of aryl methyl sites for hydroxylation is 1. The first kappa shape index (κ1) is 14.5. The first-order valence-electron chi connectivity index (χ1n) is 7.21. The van der Waals surface area contributed by atoms with Crippen molar-refractivity contribution in [1.82, 2.24) is 4.98 Å². The number of anilines is 1. The lowest BCUT2D eigenvalue weighted by Crippen LogP contribution is -2.28. The smallest absolute Gasteiger partial charge is 0.190 e. The number of rotatable bonds is 1. The summed E-state index contributed by atoms with van der Waals surface area (Å²) in [6, 6.07) is 10.5. The van der Waals surface area contributed by atoms with E-state index in [9.17, 15) is 8.78 Å². The second-order valence-electron chi connectivity index (χ2n) is 5.51. The molecule has 1 fully saturated rings. The summed E-state index contributed by atoms with van der Waals surface area (Å²) in [5.74, 6) is 5.15. The number of alkyl halides is 1. The zero-order valence-electron chi connectivity index (χ0n) is 12.3. The van der Waals surface area contributed by atoms with Gasteiger partial charge < -0.3 is 4.90 Å². The van der Waals surface area contributed by atoms with Gasteiger partial charge in [0, 0.05) is 19.2 Å². The first-order chi connectivity index (χ1) is 10.6. The summed E-state index contributed by atoms with van der Waals surface area (Å²) in [4.78, 5) is 5.78. The lowest BCUT2D eigenvalue weighted by atomic mass is 10.1. The Bertz CT molecular complexity index is 734. The standard InChI is InChI=1S/C18H16F2N2/c1-14-5-4-7-16(17(14)19)22-12-10-18(20,13-22)9-8-15-6-2-3-11-21-15/h2-7,11H,10,12-13H2,1H3. The lowest BCUT2D eigenvalue weighted by molar-refractivity contribution is 0.274. The van der Waals surface area contributed by atoms with E-state index in [1.165, 1.54) is 0 Å². The van der Waals surface area contributed by atoms with Crippen molar-refractivity contribution in [2.45, 2.75) is 19.0 Å². The monoisotopic (exact) mass is 298 g/mol. The summed E-state index contributed by atoms with van der Waals surface area (Å²) in [6.45, 7) is 2.24. The maximum atomic E-state index is 14.8. The number of halogens is 2. The highest BCUT2D eigenvalue weighted by Crippen LogP contribution is 2.31. The lowest BCUT2D eigenvalue weighted by Gasteiger charge is -2.20. The molecule has 1 aliphatic heterocycles. The maximum Gasteiger partial charge on any atom is 0.190 e. The fourth-order valence-corrected chi connectivity index (χ4v) is 2.57. The fraction of sp³-hybridized carbons (Fsp3) is 0.278. The van der Waals surface area contributed by atoms with Crippen LogP contribution in [0.4, 0.5) is 14.5 Å². The van der Waals surface area contributed by atoms with Crippen molar-refractivity contribution in [2.75, 3.05) is 18.0 Å². The second kappa shape index (κ2) is 5.76. The highest BCUT2D eigenvalue weighted by atomic mass is 19.1. The molecule has 2 nitrogen and oxygen atoms in total. The van der Waals surface area contributed by atoms with Gasteiger partial charge in [0.15, 0.2) is 5.67 Å². The van der Waals surface area contributed by atoms with E-state index in [4.69, 9.17) is 0 Å². The quantitative estimate of drug-likeness (QED) is 0.749. The number of hydrogen-bond donors (Lipinski definition) is 0. The Labute approximate surface area is 128 Å². The molecule has 0 spiro atoms. The molecule has 3 rings (SSSR count). The van der Waals surface area contributed by atoms with E-state index in [2.05, 4.69) is 16.8 Å². The molecule has 0 amide bonds. The van der Waals surface area contributed by atoms with Gasteiger partial charge in [0.2, 0.25) is 0 Å². The van der Waals surface area contributed by atoms with Gasteiger partial charge in [0.25, 0.3) is 0 Å². The summed E-state index contributed by atoms with van der Waals surface area (Å²) in [5.41, 5.74) is -0.0828. The average molecular weight is 298 g/mol. The molecule has 0 saturated carbocycles. The van der Waals surface area contributed by atoms with Crippen molar-refractivity contribution >= 4 is 5.69 Å². The van der Waals surface area contributed by atoms with Crippen LogP contribution in [0.15, 0.2) is 42.6 Å². The molecule has 4 heteroatoms. The Morgan fingerprint density at radius 1 is 1.23 bits per heavy atom. The van der Waals surface area contributed by atoms with Crippen LogP contribution in [0.1, 0.15) is 17.7 Å². The third kappa shape index (κ3) is 2.94. The van der Waals surface area contributed by atoms with Crippen LogP contribution in [-0.4, -0.2) is 23.7 Å². The average Bonchev–Trinajstić information content (AvgIpc) is 2.92. The molecule has 1 saturated heterocycles. The molecule has 0 bridgehead atoms. The Balaban J connectivity index is 1.79. The third-order valence-electron chi connectivity index (χ3n) is 3.81. The molecule has 112 valence electrons. The van der Waals surface area contributed by atoms with E-state index in [0.717, 1.165) is 0 Å². The van der Waals surface area contributed by atoms with Crippen molar-refractivity contribution in [1.29, 1.82) is 0 Å². The SMILES string of the molecule is Cc1cccc(N2CCC(F)(C#Cc3ccccn3)C2)c1F. The minimum absolute atomic E-state index is 0.0766. The van der Waals surface area contributed by atoms with Crippen LogP contribution in [-0.2, 0) is 0 Å². The molecule has 2 heterocycles. The summed E-state index contributed by atoms with van der Waals surface area (Å²) in [7, 11) is 0. The molecular weight excluding hydrogens is 282 g/mol. The van der Waals surface area contributed by atoms with Crippen molar-refractivity contribution in [3.63, 3.8) is 0 Å². The van der Waals surface area contributed by atoms with Crippen LogP contribution >= 0.6 is 0 Å². The number of hydrogen-bond acceptors (Lipinski definition) is 2. The minimum Gasteiger partial charge on any atom is -0.365 e. The van der Waals surface area contributed by atoms with Gasteiger partial charge in [-0.15, -0.1) is 0 Å². The van der Waals surface area contributed by atoms with Gasteiger partial charge in [0.1, 0.15) is 11.5 Å². The molecule has 1 atom stereocenters. The van der Waals surface area contributed by atoms with Crippen LogP contribution < -0.4 is 4.90 Å². The minimum atomic E-state index is -1.63. The number of nitrogens with zero attached hydrogens (tertiary/aromatic N) is 2. The Hall–Kier alpha value is -2.41. The topological polar surface area (TPSA) is 16.1 Å². The van der Waals surface area contributed by atoms with E-state index in [0.29, 0.717) is 23.5 Å². The molecule has 1 aliphatic rings. The van der Waals surface area contributed by atoms with Crippen LogP contribution in [0.5, 0.6) is 0 Å². The zero-order valence-corrected chi connectivity index (χ0v) is 12.3. The predicted molar refractivity (Wildman–Crippen MR) is 82.9 cm³/mol. The number of benzene rings is 1. The number of pyridine rings is 1. The predicted octanol–water partition coefficient (Wildman–Crippen LogP) is 3.50. The summed E-state index contributed by atoms with van der Waals surface area (Å²) in [5, 5.41) is 0. The van der Waals surface area contributed by atoms with E-state index < -0.39 is 5.67 Å². The fourth-order valence-electron chi connectivity index (χ4n) is 2.57. The van der Waals surface area contributed by atoms with Gasteiger partial charge in [0.05, 0.1) is 12.2 Å². The molecule has 1 unspecified atom stereocenters. The molecule has 2 aromatic rings. The van der Waals surface area contributed by atoms with Gasteiger partial charge in [-0.3, -0.25) is 0 Å². The second-order valence-corrected chi connectivity index (χ2v) is 5.51. The molecule has 1 aromatic heterocycles. The first-order valence-corrected chi connectivity index (χ1v) is 7.21. The van der Waals surface area contributed by atoms with E-state index in [-0.39, 0.29) is 18.8 Å². The van der Waals surface area contributed by atoms with E-state index >= 15 is 0 Å². The van der Waals surface area contributed by atoms with Crippen molar-refractivity contribution in [3.05, 3.63) is 59.7 Å². The third-order valence-corrected chi connectivity index (χ3v) is 3.81. The van der Waals surface area contributed by atoms with Crippen LogP contribution in [0.2, 0.25) is 0 Å². The highest BCUT2D eigenvalue weighted by Gasteiger charge is 2.37. The van der Waals surface area contributed by atoms with Crippen LogP contribution in [0.3, 0.4) is 0 Å². The summed E-state index contributed by atoms with van der Waals surface area (Å²) >= 11 is 0. The Morgan fingerprint density at radius 2 is 2.09 bits per heavy atom. The van der Waals surface area contributed by atoms with Gasteiger partial charge in [-0.05, 0) is 36.6 Å². The normalized spacial score (nSPS) is 20.6. The van der Waals surface area contributed by atoms with E-state index in [1.807, 2.05) is 6.07 Å². The largest absolute Gasteiger partial charge is 0.365 e. The van der Waals surface area contributed by atoms with Crippen LogP contribution in [0, 0.1) is 24.6 Å². The van der Waals surface area contributed by atoms with Gasteiger partial charge in [-0.1, -0.05) is 24.1 Å². The van der Waals surface area contributed by atoms with Gasteiger partial charge >= 0.3 is 0 Å².